The van der Waals surface area contributed by atoms with Crippen molar-refractivity contribution in [2.24, 2.45) is 17.3 Å². The Bertz CT molecular complexity index is 262. The van der Waals surface area contributed by atoms with E-state index in [0.717, 1.165) is 0 Å². The molecule has 12 heavy (non-hydrogen) atoms. The second-order valence-electron chi connectivity index (χ2n) is 3.61. The lowest BCUT2D eigenvalue weighted by molar-refractivity contribution is -0.139. The van der Waals surface area contributed by atoms with E-state index in [-0.39, 0.29) is 17.3 Å². The van der Waals surface area contributed by atoms with Crippen LogP contribution >= 0.6 is 15.9 Å². The first-order valence-corrected chi connectivity index (χ1v) is 4.67. The van der Waals surface area contributed by atoms with Gasteiger partial charge in [0.05, 0.1) is 5.92 Å². The zero-order chi connectivity index (χ0) is 9.35. The molecule has 66 valence electrons. The number of halogens is 1. The summed E-state index contributed by atoms with van der Waals surface area (Å²) in [4.78, 5) is 12.3. The summed E-state index contributed by atoms with van der Waals surface area (Å²) in [5.41, 5.74) is 2.75. The molecule has 2 nitrogen and oxygen atoms in total. The van der Waals surface area contributed by atoms with Crippen molar-refractivity contribution in [1.29, 1.82) is 0 Å². The average molecular weight is 231 g/mol. The zero-order valence-electron chi connectivity index (χ0n) is 7.04. The highest BCUT2D eigenvalue weighted by molar-refractivity contribution is 9.11. The maximum atomic E-state index is 10.7. The van der Waals surface area contributed by atoms with E-state index in [2.05, 4.69) is 21.7 Å². The summed E-state index contributed by atoms with van der Waals surface area (Å²) in [6.07, 6.45) is 1.81. The molecule has 0 radical (unpaired) electrons. The lowest BCUT2D eigenvalue weighted by atomic mass is 10.1. The van der Waals surface area contributed by atoms with E-state index < -0.39 is 5.97 Å². The van der Waals surface area contributed by atoms with Gasteiger partial charge in [-0.3, -0.25) is 4.79 Å². The van der Waals surface area contributed by atoms with Crippen molar-refractivity contribution in [1.82, 2.24) is 0 Å². The fraction of sp³-hybridized carbons (Fsp3) is 0.556. The first-order chi connectivity index (χ1) is 5.51. The van der Waals surface area contributed by atoms with Gasteiger partial charge in [0.15, 0.2) is 0 Å². The number of aliphatic carboxylic acids is 1. The third-order valence-corrected chi connectivity index (χ3v) is 2.78. The number of hydrogen-bond donors (Lipinski definition) is 1. The number of rotatable bonds is 2. The molecule has 1 rings (SSSR count). The summed E-state index contributed by atoms with van der Waals surface area (Å²) in [5, 5.41) is 8.79. The van der Waals surface area contributed by atoms with Crippen LogP contribution in [0.3, 0.4) is 0 Å². The highest BCUT2D eigenvalue weighted by atomic mass is 79.9. The normalized spacial score (nSPS) is 30.2. The molecular weight excluding hydrogens is 220 g/mol. The molecule has 0 aromatic heterocycles. The molecule has 0 aromatic rings. The molecule has 1 aliphatic rings. The number of hydrogen-bond acceptors (Lipinski definition) is 1. The smallest absolute Gasteiger partial charge is 0.307 e. The van der Waals surface area contributed by atoms with Crippen LogP contribution in [0.4, 0.5) is 0 Å². The van der Waals surface area contributed by atoms with Crippen molar-refractivity contribution >= 4 is 21.9 Å². The minimum atomic E-state index is -0.711. The molecule has 0 amide bonds. The fourth-order valence-electron chi connectivity index (χ4n) is 1.60. The standard InChI is InChI=1S/C9H11BrO2/c1-9(2)6(4-3-5-10)7(9)8(11)12/h4-7H,1-2H3,(H,11,12)/t3?,6-,7+/m1/s1. The van der Waals surface area contributed by atoms with E-state index in [1.807, 2.05) is 19.9 Å². The van der Waals surface area contributed by atoms with Crippen LogP contribution in [0.2, 0.25) is 0 Å². The minimum Gasteiger partial charge on any atom is -0.481 e. The lowest BCUT2D eigenvalue weighted by Crippen LogP contribution is -2.02. The third-order valence-electron chi connectivity index (χ3n) is 2.52. The van der Waals surface area contributed by atoms with Gasteiger partial charge in [0.2, 0.25) is 0 Å². The Morgan fingerprint density at radius 1 is 1.67 bits per heavy atom. The third kappa shape index (κ3) is 1.47. The maximum absolute atomic E-state index is 10.7. The van der Waals surface area contributed by atoms with Crippen molar-refractivity contribution in [2.75, 3.05) is 0 Å². The Kier molecular flexibility index (Phi) is 2.45. The van der Waals surface area contributed by atoms with Crippen molar-refractivity contribution in [3.63, 3.8) is 0 Å². The van der Waals surface area contributed by atoms with Gasteiger partial charge >= 0.3 is 5.97 Å². The Morgan fingerprint density at radius 3 is 2.58 bits per heavy atom. The molecule has 1 saturated carbocycles. The average Bonchev–Trinajstić information content (AvgIpc) is 2.49. The quantitative estimate of drug-likeness (QED) is 0.741. The molecule has 0 heterocycles. The van der Waals surface area contributed by atoms with Gasteiger partial charge in [-0.1, -0.05) is 29.8 Å². The summed E-state index contributed by atoms with van der Waals surface area (Å²) < 4.78 is 0. The van der Waals surface area contributed by atoms with Gasteiger partial charge in [0, 0.05) is 10.9 Å². The van der Waals surface area contributed by atoms with E-state index in [1.54, 1.807) is 4.99 Å². The summed E-state index contributed by atoms with van der Waals surface area (Å²) in [6.45, 7) is 3.92. The summed E-state index contributed by atoms with van der Waals surface area (Å²) in [6, 6.07) is 0. The van der Waals surface area contributed by atoms with E-state index in [0.29, 0.717) is 0 Å². The van der Waals surface area contributed by atoms with Gasteiger partial charge in [0.25, 0.3) is 0 Å². The maximum Gasteiger partial charge on any atom is 0.307 e. The van der Waals surface area contributed by atoms with Gasteiger partial charge in [-0.2, -0.15) is 0 Å². The molecular formula is C9H11BrO2. The molecule has 0 spiro atoms. The van der Waals surface area contributed by atoms with E-state index >= 15 is 0 Å². The molecule has 2 atom stereocenters. The molecule has 0 unspecified atom stereocenters. The van der Waals surface area contributed by atoms with Crippen molar-refractivity contribution in [2.45, 2.75) is 13.8 Å². The van der Waals surface area contributed by atoms with Crippen LogP contribution in [0.15, 0.2) is 16.8 Å². The van der Waals surface area contributed by atoms with E-state index in [1.165, 1.54) is 0 Å². The molecule has 1 N–H and O–H groups in total. The van der Waals surface area contributed by atoms with Crippen molar-refractivity contribution in [3.05, 3.63) is 16.8 Å². The number of carboxylic acid groups (broad SMARTS) is 1. The first-order valence-electron chi connectivity index (χ1n) is 3.76. The Labute approximate surface area is 80.1 Å². The zero-order valence-corrected chi connectivity index (χ0v) is 8.63. The summed E-state index contributed by atoms with van der Waals surface area (Å²) in [7, 11) is 0. The van der Waals surface area contributed by atoms with Crippen LogP contribution < -0.4 is 0 Å². The second-order valence-corrected chi connectivity index (χ2v) is 4.06. The van der Waals surface area contributed by atoms with Crippen LogP contribution in [0, 0.1) is 17.3 Å². The molecule has 1 aliphatic carbocycles. The van der Waals surface area contributed by atoms with Gasteiger partial charge in [-0.25, -0.2) is 0 Å². The highest BCUT2D eigenvalue weighted by Crippen LogP contribution is 2.58. The topological polar surface area (TPSA) is 37.3 Å². The van der Waals surface area contributed by atoms with Crippen LogP contribution in [0.5, 0.6) is 0 Å². The van der Waals surface area contributed by atoms with Crippen LogP contribution in [0.1, 0.15) is 13.8 Å². The fourth-order valence-corrected chi connectivity index (χ4v) is 1.75. The Morgan fingerprint density at radius 2 is 2.25 bits per heavy atom. The second kappa shape index (κ2) is 3.08. The minimum absolute atomic E-state index is 0.102. The van der Waals surface area contributed by atoms with Crippen molar-refractivity contribution in [3.8, 4) is 0 Å². The van der Waals surface area contributed by atoms with E-state index in [9.17, 15) is 4.79 Å². The van der Waals surface area contributed by atoms with Crippen LogP contribution in [-0.4, -0.2) is 11.1 Å². The van der Waals surface area contributed by atoms with Gasteiger partial charge in [0.1, 0.15) is 0 Å². The molecule has 0 saturated heterocycles. The predicted molar refractivity (Wildman–Crippen MR) is 50.0 cm³/mol. The summed E-state index contributed by atoms with van der Waals surface area (Å²) >= 11 is 3.09. The van der Waals surface area contributed by atoms with E-state index in [4.69, 9.17) is 5.11 Å². The Hall–Kier alpha value is -0.530. The lowest BCUT2D eigenvalue weighted by Gasteiger charge is -1.95. The number of carboxylic acids is 1. The summed E-state index contributed by atoms with van der Waals surface area (Å²) in [5.74, 6) is -0.820. The molecule has 0 bridgehead atoms. The number of carbonyl (C=O) groups is 1. The van der Waals surface area contributed by atoms with Gasteiger partial charge in [-0.05, 0) is 11.5 Å². The van der Waals surface area contributed by atoms with Gasteiger partial charge < -0.3 is 5.11 Å². The SMILES string of the molecule is CC1(C)[C@H](C=C=CBr)[C@H]1C(=O)O. The molecule has 0 aliphatic heterocycles. The largest absolute Gasteiger partial charge is 0.481 e. The first kappa shape index (κ1) is 9.56. The van der Waals surface area contributed by atoms with Crippen LogP contribution in [-0.2, 0) is 4.79 Å². The highest BCUT2D eigenvalue weighted by Gasteiger charge is 2.60. The van der Waals surface area contributed by atoms with Crippen LogP contribution in [0.25, 0.3) is 0 Å². The molecule has 0 aromatic carbocycles. The van der Waals surface area contributed by atoms with Gasteiger partial charge in [-0.15, -0.1) is 5.73 Å². The molecule has 1 fully saturated rings. The van der Waals surface area contributed by atoms with Crippen molar-refractivity contribution < 1.29 is 9.90 Å². The monoisotopic (exact) mass is 230 g/mol. The molecule has 3 heteroatoms. The predicted octanol–water partition coefficient (Wildman–Crippen LogP) is 2.41. The number of allylic oxidation sites excluding steroid dienone is 1. The Balaban J connectivity index is 2.73.